The average molecular weight is 184 g/mol. The zero-order valence-electron chi connectivity index (χ0n) is 6.74. The summed E-state index contributed by atoms with van der Waals surface area (Å²) in [6.45, 7) is 0. The maximum absolute atomic E-state index is 5.63. The van der Waals surface area contributed by atoms with Gasteiger partial charge in [-0.25, -0.2) is 0 Å². The molecule has 0 spiro atoms. The minimum absolute atomic E-state index is 0.162. The summed E-state index contributed by atoms with van der Waals surface area (Å²) in [5.74, 6) is 0.997. The Morgan fingerprint density at radius 1 is 1.27 bits per heavy atom. The van der Waals surface area contributed by atoms with Crippen molar-refractivity contribution in [2.75, 3.05) is 5.75 Å². The summed E-state index contributed by atoms with van der Waals surface area (Å²) >= 11 is 8.44. The summed E-state index contributed by atoms with van der Waals surface area (Å²) in [4.78, 5) is 0. The van der Waals surface area contributed by atoms with Crippen LogP contribution in [-0.4, -0.2) is 26.7 Å². The first kappa shape index (κ1) is 11.8. The van der Waals surface area contributed by atoms with E-state index in [4.69, 9.17) is 15.7 Å². The zero-order valence-corrected chi connectivity index (χ0v) is 8.53. The number of hydrogen-bond donors (Lipinski definition) is 2. The van der Waals surface area contributed by atoms with Crippen LogP contribution in [0.3, 0.4) is 0 Å². The van der Waals surface area contributed by atoms with Gasteiger partial charge < -0.3 is 0 Å². The molecular weight excluding hydrogens is 170 g/mol. The second-order valence-electron chi connectivity index (χ2n) is 2.76. The second-order valence-corrected chi connectivity index (χ2v) is 3.86. The van der Waals surface area contributed by atoms with E-state index in [1.54, 1.807) is 0 Å². The first-order valence-electron chi connectivity index (χ1n) is 3.95. The molecule has 2 atom stereocenters. The maximum atomic E-state index is 5.63. The van der Waals surface area contributed by atoms with Gasteiger partial charge in [-0.1, -0.05) is 25.0 Å². The Kier molecular flexibility index (Phi) is 8.04. The fourth-order valence-corrected chi connectivity index (χ4v) is 1.19. The first-order chi connectivity index (χ1) is 5.20. The van der Waals surface area contributed by atoms with Crippen molar-refractivity contribution in [1.29, 1.82) is 0 Å². The average Bonchev–Trinajstić information content (AvgIpc) is 2.04. The van der Waals surface area contributed by atoms with E-state index in [9.17, 15) is 0 Å². The molecule has 0 rings (SSSR count). The molecule has 0 saturated heterocycles. The third-order valence-corrected chi connectivity index (χ3v) is 2.80. The lowest BCUT2D eigenvalue weighted by atomic mass is 9.74. The molecule has 0 amide bonds. The lowest BCUT2D eigenvalue weighted by molar-refractivity contribution is 0.668. The van der Waals surface area contributed by atoms with Gasteiger partial charge in [0.15, 0.2) is 0 Å². The molecule has 0 N–H and O–H groups in total. The first-order valence-corrected chi connectivity index (χ1v) is 5.10. The minimum Gasteiger partial charge on any atom is -0.178 e. The molecule has 60 valence electrons. The van der Waals surface area contributed by atoms with E-state index in [1.165, 1.54) is 0 Å². The van der Waals surface area contributed by atoms with Crippen molar-refractivity contribution >= 4 is 41.0 Å². The Morgan fingerprint density at radius 3 is 2.36 bits per heavy atom. The second kappa shape index (κ2) is 7.48. The third-order valence-electron chi connectivity index (χ3n) is 1.63. The van der Waals surface area contributed by atoms with Crippen molar-refractivity contribution < 1.29 is 0 Å². The molecule has 0 aliphatic heterocycles. The van der Waals surface area contributed by atoms with Crippen LogP contribution in [0.25, 0.3) is 0 Å². The third kappa shape index (κ3) is 7.20. The Morgan fingerprint density at radius 2 is 1.91 bits per heavy atom. The van der Waals surface area contributed by atoms with E-state index in [0.717, 1.165) is 25.0 Å². The van der Waals surface area contributed by atoms with Gasteiger partial charge in [0.25, 0.3) is 0 Å². The summed E-state index contributed by atoms with van der Waals surface area (Å²) in [6.07, 6.45) is 3.77. The van der Waals surface area contributed by atoms with Gasteiger partial charge >= 0.3 is 0 Å². The summed E-state index contributed by atoms with van der Waals surface area (Å²) in [7, 11) is 11.0. The normalized spacial score (nSPS) is 16.2. The molecule has 0 bridgehead atoms. The molecule has 4 radical (unpaired) electrons. The van der Waals surface area contributed by atoms with E-state index in [-0.39, 0.29) is 5.82 Å². The smallest absolute Gasteiger partial charge is 0.0689 e. The van der Waals surface area contributed by atoms with Crippen LogP contribution in [0.2, 0.25) is 12.1 Å². The van der Waals surface area contributed by atoms with E-state index >= 15 is 0 Å². The number of hydrogen-bond acceptors (Lipinski definition) is 2. The fraction of sp³-hybridized carbons (Fsp3) is 1.00. The molecule has 2 unspecified atom stereocenters. The van der Waals surface area contributed by atoms with Crippen molar-refractivity contribution in [3.05, 3.63) is 0 Å². The van der Waals surface area contributed by atoms with Crippen molar-refractivity contribution in [1.82, 2.24) is 0 Å². The molecule has 0 aliphatic rings. The minimum atomic E-state index is 0.162. The number of rotatable bonds is 6. The molecule has 0 aromatic rings. The van der Waals surface area contributed by atoms with E-state index in [2.05, 4.69) is 25.3 Å². The van der Waals surface area contributed by atoms with Crippen LogP contribution in [0.4, 0.5) is 0 Å². The van der Waals surface area contributed by atoms with Crippen LogP contribution >= 0.6 is 25.3 Å². The highest BCUT2D eigenvalue weighted by Gasteiger charge is 2.02. The topological polar surface area (TPSA) is 0 Å². The Labute approximate surface area is 83.5 Å². The zero-order chi connectivity index (χ0) is 8.69. The highest BCUT2D eigenvalue weighted by molar-refractivity contribution is 7.84. The summed E-state index contributed by atoms with van der Waals surface area (Å²) in [5, 5.41) is 0.406. The lowest BCUT2D eigenvalue weighted by Gasteiger charge is -2.10. The quantitative estimate of drug-likeness (QED) is 0.457. The van der Waals surface area contributed by atoms with E-state index < -0.39 is 0 Å². The molecule has 0 nitrogen and oxygen atoms in total. The van der Waals surface area contributed by atoms with Crippen LogP contribution in [-0.2, 0) is 0 Å². The Hall–Kier alpha value is 0.830. The van der Waals surface area contributed by atoms with Gasteiger partial charge in [-0.05, 0) is 6.42 Å². The van der Waals surface area contributed by atoms with Crippen molar-refractivity contribution in [3.8, 4) is 0 Å². The maximum Gasteiger partial charge on any atom is 0.0689 e. The monoisotopic (exact) mass is 184 g/mol. The summed E-state index contributed by atoms with van der Waals surface area (Å²) < 4.78 is 0. The largest absolute Gasteiger partial charge is 0.178 e. The standard InChI is InChI=1S/C7H14B2S2/c8-4-6(9)2-1-3-7(11)5-10/h6-7,10-11H,1-5H2. The van der Waals surface area contributed by atoms with Gasteiger partial charge in [-0.3, -0.25) is 0 Å². The molecule has 0 fully saturated rings. The molecule has 0 aromatic heterocycles. The summed E-state index contributed by atoms with van der Waals surface area (Å²) in [6, 6.07) is 0. The van der Waals surface area contributed by atoms with Crippen molar-refractivity contribution in [2.24, 2.45) is 0 Å². The SMILES string of the molecule is [B]CC([B])CCCC(S)CS. The molecule has 0 heterocycles. The van der Waals surface area contributed by atoms with Gasteiger partial charge in [0.2, 0.25) is 0 Å². The highest BCUT2D eigenvalue weighted by atomic mass is 32.1. The summed E-state index contributed by atoms with van der Waals surface area (Å²) in [5.41, 5.74) is 0. The molecule has 0 saturated carbocycles. The fourth-order valence-electron chi connectivity index (χ4n) is 0.825. The van der Waals surface area contributed by atoms with Crippen LogP contribution in [0.15, 0.2) is 0 Å². The Bertz CT molecular complexity index is 80.5. The molecule has 4 heteroatoms. The highest BCUT2D eigenvalue weighted by Crippen LogP contribution is 2.16. The van der Waals surface area contributed by atoms with Crippen LogP contribution in [0.1, 0.15) is 19.3 Å². The van der Waals surface area contributed by atoms with Gasteiger partial charge in [0.1, 0.15) is 0 Å². The number of thiol groups is 2. The van der Waals surface area contributed by atoms with Crippen molar-refractivity contribution in [2.45, 2.75) is 36.6 Å². The van der Waals surface area contributed by atoms with Gasteiger partial charge in [0, 0.05) is 11.0 Å². The Balaban J connectivity index is 3.13. The van der Waals surface area contributed by atoms with E-state index in [0.29, 0.717) is 11.6 Å². The molecular formula is C7H14B2S2. The molecule has 0 aromatic carbocycles. The van der Waals surface area contributed by atoms with Gasteiger partial charge in [0.05, 0.1) is 15.7 Å². The van der Waals surface area contributed by atoms with Crippen LogP contribution in [0.5, 0.6) is 0 Å². The van der Waals surface area contributed by atoms with Crippen LogP contribution in [0, 0.1) is 0 Å². The van der Waals surface area contributed by atoms with Gasteiger partial charge in [-0.15, -0.1) is 0 Å². The predicted molar refractivity (Wildman–Crippen MR) is 60.5 cm³/mol. The van der Waals surface area contributed by atoms with E-state index in [1.807, 2.05) is 0 Å². The lowest BCUT2D eigenvalue weighted by Crippen LogP contribution is -2.01. The molecule has 0 aliphatic carbocycles. The molecule has 11 heavy (non-hydrogen) atoms. The van der Waals surface area contributed by atoms with Crippen LogP contribution < -0.4 is 0 Å². The predicted octanol–water partition coefficient (Wildman–Crippen LogP) is 1.93. The van der Waals surface area contributed by atoms with Crippen molar-refractivity contribution in [3.63, 3.8) is 0 Å². The van der Waals surface area contributed by atoms with Gasteiger partial charge in [-0.2, -0.15) is 25.3 Å².